The molecule has 0 spiro atoms. The van der Waals surface area contributed by atoms with Gasteiger partial charge in [-0.3, -0.25) is 9.48 Å². The Morgan fingerprint density at radius 2 is 1.83 bits per heavy atom. The second-order valence-electron chi connectivity index (χ2n) is 8.28. The Kier molecular flexibility index (Phi) is 6.08. The lowest BCUT2D eigenvalue weighted by Crippen LogP contribution is -2.26. The van der Waals surface area contributed by atoms with Crippen molar-refractivity contribution < 1.29 is 18.0 Å². The molecule has 1 atom stereocenters. The van der Waals surface area contributed by atoms with Gasteiger partial charge in [-0.25, -0.2) is 0 Å². The number of carbonyl (C=O) groups excluding carboxylic acids is 1. The molecule has 1 amide bonds. The van der Waals surface area contributed by atoms with Crippen LogP contribution in [-0.4, -0.2) is 15.7 Å². The van der Waals surface area contributed by atoms with Gasteiger partial charge in [-0.2, -0.15) is 18.3 Å². The minimum Gasteiger partial charge on any atom is -0.345 e. The number of benzene rings is 1. The maximum absolute atomic E-state index is 12.7. The Balaban J connectivity index is 1.62. The van der Waals surface area contributed by atoms with Gasteiger partial charge in [0.2, 0.25) is 0 Å². The first-order valence-corrected chi connectivity index (χ1v) is 10.4. The second kappa shape index (κ2) is 8.26. The van der Waals surface area contributed by atoms with Gasteiger partial charge < -0.3 is 5.32 Å². The van der Waals surface area contributed by atoms with E-state index in [0.29, 0.717) is 4.88 Å². The first-order valence-electron chi connectivity index (χ1n) is 9.53. The number of carbonyl (C=O) groups is 1. The molecule has 1 aromatic carbocycles. The van der Waals surface area contributed by atoms with Crippen LogP contribution in [0, 0.1) is 0 Å². The molecule has 160 valence electrons. The number of thiophene rings is 1. The molecule has 3 rings (SSSR count). The number of amides is 1. The van der Waals surface area contributed by atoms with E-state index in [4.69, 9.17) is 0 Å². The van der Waals surface area contributed by atoms with Gasteiger partial charge >= 0.3 is 6.18 Å². The number of halogens is 3. The van der Waals surface area contributed by atoms with Crippen molar-refractivity contribution in [3.05, 3.63) is 75.2 Å². The Bertz CT molecular complexity index is 1010. The molecular weight excluding hydrogens is 411 g/mol. The van der Waals surface area contributed by atoms with Crippen molar-refractivity contribution >= 4 is 17.2 Å². The zero-order chi connectivity index (χ0) is 22.1. The number of nitrogens with one attached hydrogen (secondary N) is 1. The first kappa shape index (κ1) is 22.1. The van der Waals surface area contributed by atoms with Crippen molar-refractivity contribution in [3.8, 4) is 0 Å². The fourth-order valence-corrected chi connectivity index (χ4v) is 3.79. The second-order valence-corrected chi connectivity index (χ2v) is 9.19. The van der Waals surface area contributed by atoms with Crippen molar-refractivity contribution in [1.29, 1.82) is 0 Å². The van der Waals surface area contributed by atoms with Crippen LogP contribution in [0.2, 0.25) is 0 Å². The highest BCUT2D eigenvalue weighted by molar-refractivity contribution is 7.12. The maximum atomic E-state index is 12.7. The fraction of sp³-hybridized carbons (Fsp3) is 0.364. The molecule has 0 aliphatic carbocycles. The third kappa shape index (κ3) is 5.30. The van der Waals surface area contributed by atoms with E-state index in [1.807, 2.05) is 19.1 Å². The molecule has 0 saturated heterocycles. The third-order valence-electron chi connectivity index (χ3n) is 4.78. The summed E-state index contributed by atoms with van der Waals surface area (Å²) in [5, 5.41) is 8.27. The van der Waals surface area contributed by atoms with E-state index in [1.165, 1.54) is 27.8 Å². The van der Waals surface area contributed by atoms with E-state index >= 15 is 0 Å². The molecule has 1 unspecified atom stereocenters. The largest absolute Gasteiger partial charge is 0.435 e. The SMILES string of the molecule is CC(NC(=O)c1cc(Cn2ccc(C(F)(F)F)n2)cs1)c1ccc(C(C)(C)C)cc1. The van der Waals surface area contributed by atoms with Gasteiger partial charge in [-0.15, -0.1) is 11.3 Å². The van der Waals surface area contributed by atoms with E-state index in [2.05, 4.69) is 43.3 Å². The van der Waals surface area contributed by atoms with Crippen molar-refractivity contribution in [2.45, 2.75) is 51.9 Å². The van der Waals surface area contributed by atoms with Gasteiger partial charge in [0.15, 0.2) is 5.69 Å². The van der Waals surface area contributed by atoms with Gasteiger partial charge in [-0.05, 0) is 46.5 Å². The lowest BCUT2D eigenvalue weighted by atomic mass is 9.86. The Morgan fingerprint density at radius 1 is 1.17 bits per heavy atom. The summed E-state index contributed by atoms with van der Waals surface area (Å²) in [4.78, 5) is 13.1. The van der Waals surface area contributed by atoms with Crippen molar-refractivity contribution in [2.75, 3.05) is 0 Å². The Labute approximate surface area is 177 Å². The standard InChI is InChI=1S/C22H24F3N3OS/c1-14(16-5-7-17(8-6-16)21(2,3)4)26-20(29)18-11-15(13-30-18)12-28-10-9-19(27-28)22(23,24)25/h5-11,13-14H,12H2,1-4H3,(H,26,29). The lowest BCUT2D eigenvalue weighted by Gasteiger charge is -2.20. The van der Waals surface area contributed by atoms with Crippen LogP contribution in [0.1, 0.15) is 65.8 Å². The molecule has 2 aromatic heterocycles. The molecule has 3 aromatic rings. The molecule has 8 heteroatoms. The summed E-state index contributed by atoms with van der Waals surface area (Å²) in [6.07, 6.45) is -3.18. The molecule has 0 saturated carbocycles. The molecular formula is C22H24F3N3OS. The van der Waals surface area contributed by atoms with Gasteiger partial charge in [-0.1, -0.05) is 45.0 Å². The number of hydrogen-bond donors (Lipinski definition) is 1. The zero-order valence-electron chi connectivity index (χ0n) is 17.2. The topological polar surface area (TPSA) is 46.9 Å². The predicted molar refractivity (Wildman–Crippen MR) is 112 cm³/mol. The summed E-state index contributed by atoms with van der Waals surface area (Å²) in [5.74, 6) is -0.213. The van der Waals surface area contributed by atoms with Crippen LogP contribution in [0.4, 0.5) is 13.2 Å². The molecule has 2 heterocycles. The maximum Gasteiger partial charge on any atom is 0.435 e. The average molecular weight is 436 g/mol. The molecule has 0 bridgehead atoms. The minimum atomic E-state index is -4.47. The molecule has 0 radical (unpaired) electrons. The fourth-order valence-electron chi connectivity index (χ4n) is 2.99. The van der Waals surface area contributed by atoms with Gasteiger partial charge in [0.25, 0.3) is 5.91 Å². The van der Waals surface area contributed by atoms with E-state index in [9.17, 15) is 18.0 Å². The summed E-state index contributed by atoms with van der Waals surface area (Å²) in [5.41, 5.74) is 2.09. The Hall–Kier alpha value is -2.61. The predicted octanol–water partition coefficient (Wildman–Crippen LogP) is 5.80. The van der Waals surface area contributed by atoms with Crippen LogP contribution >= 0.6 is 11.3 Å². The van der Waals surface area contributed by atoms with Crippen molar-refractivity contribution in [2.24, 2.45) is 0 Å². The number of rotatable bonds is 5. The van der Waals surface area contributed by atoms with Crippen LogP contribution in [0.25, 0.3) is 0 Å². The first-order chi connectivity index (χ1) is 13.9. The lowest BCUT2D eigenvalue weighted by molar-refractivity contribution is -0.141. The number of aromatic nitrogens is 2. The normalized spacial score (nSPS) is 13.3. The monoisotopic (exact) mass is 435 g/mol. The Morgan fingerprint density at radius 3 is 2.40 bits per heavy atom. The minimum absolute atomic E-state index is 0.0633. The average Bonchev–Trinajstić information content (AvgIpc) is 3.31. The number of hydrogen-bond acceptors (Lipinski definition) is 3. The summed E-state index contributed by atoms with van der Waals surface area (Å²) in [6.45, 7) is 8.53. The molecule has 1 N–H and O–H groups in total. The van der Waals surface area contributed by atoms with Crippen LogP contribution in [0.15, 0.2) is 48.0 Å². The summed E-state index contributed by atoms with van der Waals surface area (Å²) < 4.78 is 39.2. The highest BCUT2D eigenvalue weighted by Gasteiger charge is 2.33. The van der Waals surface area contributed by atoms with Crippen molar-refractivity contribution in [3.63, 3.8) is 0 Å². The van der Waals surface area contributed by atoms with Crippen LogP contribution in [-0.2, 0) is 18.1 Å². The quantitative estimate of drug-likeness (QED) is 0.551. The van der Waals surface area contributed by atoms with Gasteiger partial charge in [0.1, 0.15) is 0 Å². The van der Waals surface area contributed by atoms with Crippen molar-refractivity contribution in [1.82, 2.24) is 15.1 Å². The number of alkyl halides is 3. The molecule has 0 aliphatic rings. The number of nitrogens with zero attached hydrogens (tertiary/aromatic N) is 2. The summed E-state index contributed by atoms with van der Waals surface area (Å²) >= 11 is 1.26. The zero-order valence-corrected chi connectivity index (χ0v) is 18.1. The summed E-state index contributed by atoms with van der Waals surface area (Å²) in [6, 6.07) is 10.6. The van der Waals surface area contributed by atoms with Gasteiger partial charge in [0.05, 0.1) is 17.5 Å². The molecule has 0 aliphatic heterocycles. The molecule has 4 nitrogen and oxygen atoms in total. The van der Waals surface area contributed by atoms with Gasteiger partial charge in [0, 0.05) is 6.20 Å². The van der Waals surface area contributed by atoms with Crippen LogP contribution in [0.3, 0.4) is 0 Å². The molecule has 30 heavy (non-hydrogen) atoms. The third-order valence-corrected chi connectivity index (χ3v) is 5.76. The molecule has 0 fully saturated rings. The van der Waals surface area contributed by atoms with Crippen LogP contribution in [0.5, 0.6) is 0 Å². The smallest absolute Gasteiger partial charge is 0.345 e. The highest BCUT2D eigenvalue weighted by atomic mass is 32.1. The van der Waals surface area contributed by atoms with E-state index < -0.39 is 11.9 Å². The highest BCUT2D eigenvalue weighted by Crippen LogP contribution is 2.28. The summed E-state index contributed by atoms with van der Waals surface area (Å²) in [7, 11) is 0. The van der Waals surface area contributed by atoms with E-state index in [1.54, 1.807) is 11.4 Å². The van der Waals surface area contributed by atoms with E-state index in [-0.39, 0.29) is 23.9 Å². The van der Waals surface area contributed by atoms with Crippen LogP contribution < -0.4 is 5.32 Å². The van der Waals surface area contributed by atoms with E-state index in [0.717, 1.165) is 17.2 Å².